The summed E-state index contributed by atoms with van der Waals surface area (Å²) in [4.78, 5) is 41.5. The van der Waals surface area contributed by atoms with E-state index in [9.17, 15) is 14.7 Å². The second kappa shape index (κ2) is 12.3. The minimum Gasteiger partial charge on any atom is -0.510 e. The van der Waals surface area contributed by atoms with Crippen molar-refractivity contribution in [2.75, 3.05) is 14.2 Å². The molecule has 1 saturated heterocycles. The number of carbonyl (C=O) groups is 2. The van der Waals surface area contributed by atoms with E-state index in [0.717, 1.165) is 74.9 Å². The van der Waals surface area contributed by atoms with E-state index in [1.807, 2.05) is 32.1 Å². The Hall–Kier alpha value is -4.79. The van der Waals surface area contributed by atoms with Crippen LogP contribution in [0.2, 0.25) is 0 Å². The van der Waals surface area contributed by atoms with Gasteiger partial charge < -0.3 is 19.9 Å². The van der Waals surface area contributed by atoms with Gasteiger partial charge in [-0.1, -0.05) is 39.8 Å². The summed E-state index contributed by atoms with van der Waals surface area (Å²) < 4.78 is 10.4. The predicted molar refractivity (Wildman–Crippen MR) is 188 cm³/mol. The van der Waals surface area contributed by atoms with Crippen LogP contribution in [0.1, 0.15) is 73.6 Å². The molecule has 0 radical (unpaired) electrons. The molecule has 5 aliphatic heterocycles. The summed E-state index contributed by atoms with van der Waals surface area (Å²) in [7, 11) is 2.72. The van der Waals surface area contributed by atoms with Crippen LogP contribution in [0.3, 0.4) is 0 Å². The van der Waals surface area contributed by atoms with Gasteiger partial charge in [-0.15, -0.1) is 0 Å². The standard InChI is InChI=1S/C39H44N4O5/c1-10-14-39(15-13-31(44)47-8)22(7)28-16-25-19(4)23(11-2)29(40-25)17-26-20(5)24(12-3)30(41-26)18-27-21(6)32-35(42-27)33(37(39)43-28)34(36(32)45)38(46)48-9/h11,16-18,22,34,43,45H,2,10,12-15H2,1,3-9H3/t22-,34-,39+/m1/s1. The molecule has 250 valence electrons. The van der Waals surface area contributed by atoms with Crippen molar-refractivity contribution in [3.63, 3.8) is 0 Å². The Morgan fingerprint density at radius 3 is 2.33 bits per heavy atom. The van der Waals surface area contributed by atoms with Crippen molar-refractivity contribution < 1.29 is 24.2 Å². The average Bonchev–Trinajstić information content (AvgIpc) is 3.80. The first-order chi connectivity index (χ1) is 23.0. The van der Waals surface area contributed by atoms with Crippen molar-refractivity contribution in [3.8, 4) is 0 Å². The molecule has 0 spiro atoms. The lowest BCUT2D eigenvalue weighted by Crippen LogP contribution is -2.32. The van der Waals surface area contributed by atoms with Crippen molar-refractivity contribution in [1.82, 2.24) is 5.32 Å². The number of nitrogens with zero attached hydrogens (tertiary/aromatic N) is 3. The summed E-state index contributed by atoms with van der Waals surface area (Å²) in [5.41, 5.74) is 11.5. The molecule has 0 unspecified atom stereocenters. The summed E-state index contributed by atoms with van der Waals surface area (Å²) in [5, 5.41) is 15.6. The monoisotopic (exact) mass is 648 g/mol. The number of aliphatic imine (C=N–C) groups is 3. The number of esters is 2. The molecule has 9 heteroatoms. The highest BCUT2D eigenvalue weighted by Gasteiger charge is 2.54. The largest absolute Gasteiger partial charge is 0.510 e. The number of hydrogen-bond acceptors (Lipinski definition) is 9. The third-order valence-corrected chi connectivity index (χ3v) is 10.9. The quantitative estimate of drug-likeness (QED) is 0.265. The summed E-state index contributed by atoms with van der Waals surface area (Å²) >= 11 is 0. The third kappa shape index (κ3) is 4.85. The van der Waals surface area contributed by atoms with Crippen molar-refractivity contribution in [2.45, 2.75) is 73.6 Å². The highest BCUT2D eigenvalue weighted by Crippen LogP contribution is 2.56. The fourth-order valence-corrected chi connectivity index (χ4v) is 8.16. The van der Waals surface area contributed by atoms with Crippen LogP contribution in [0.25, 0.3) is 0 Å². The molecule has 2 N–H and O–H groups in total. The molecule has 0 amide bonds. The van der Waals surface area contributed by atoms with Gasteiger partial charge in [-0.25, -0.2) is 15.0 Å². The van der Waals surface area contributed by atoms with Crippen LogP contribution in [0.15, 0.2) is 119 Å². The SMILES string of the molecule is C=CC1=C(C)C2=NC1=CC1=NC(=CC3=C(C)C4=C(O)[C@H](C(=O)OC)C(=C5NC(=C2)[C@@H](C)[C@]5(CCC)CCC(=O)OC)C4=N3)C(CC)=C1C. The van der Waals surface area contributed by atoms with Crippen LogP contribution in [0.5, 0.6) is 0 Å². The van der Waals surface area contributed by atoms with Gasteiger partial charge in [0.2, 0.25) is 0 Å². The maximum absolute atomic E-state index is 13.6. The van der Waals surface area contributed by atoms with E-state index in [-0.39, 0.29) is 24.1 Å². The zero-order valence-corrected chi connectivity index (χ0v) is 29.1. The molecule has 3 atom stereocenters. The molecule has 6 rings (SSSR count). The van der Waals surface area contributed by atoms with Gasteiger partial charge in [0.15, 0.2) is 0 Å². The number of aliphatic hydroxyl groups is 1. The number of methoxy groups -OCH3 is 2. The van der Waals surface area contributed by atoms with E-state index in [2.05, 4.69) is 45.7 Å². The number of allylic oxidation sites excluding steroid dienone is 11. The Bertz CT molecular complexity index is 1920. The van der Waals surface area contributed by atoms with Gasteiger partial charge in [-0.3, -0.25) is 9.59 Å². The van der Waals surface area contributed by atoms with Gasteiger partial charge in [-0.05, 0) is 80.6 Å². The molecule has 1 fully saturated rings. The first-order valence-corrected chi connectivity index (χ1v) is 16.7. The highest BCUT2D eigenvalue weighted by molar-refractivity contribution is 6.24. The molecule has 5 heterocycles. The lowest BCUT2D eigenvalue weighted by Gasteiger charge is -2.35. The van der Waals surface area contributed by atoms with E-state index in [1.54, 1.807) is 0 Å². The zero-order valence-electron chi connectivity index (χ0n) is 29.1. The Balaban J connectivity index is 1.72. The lowest BCUT2D eigenvalue weighted by atomic mass is 9.67. The number of rotatable bonds is 8. The van der Waals surface area contributed by atoms with Crippen molar-refractivity contribution in [1.29, 1.82) is 0 Å². The Labute approximate surface area is 282 Å². The molecule has 0 saturated carbocycles. The number of carbonyl (C=O) groups excluding carboxylic acids is 2. The normalized spacial score (nSPS) is 26.0. The number of aliphatic hydroxyl groups excluding tert-OH is 1. The molecule has 0 aromatic rings. The van der Waals surface area contributed by atoms with Gasteiger partial charge in [0, 0.05) is 45.9 Å². The maximum Gasteiger partial charge on any atom is 0.321 e. The van der Waals surface area contributed by atoms with E-state index >= 15 is 0 Å². The molecule has 0 aromatic carbocycles. The summed E-state index contributed by atoms with van der Waals surface area (Å²) in [6.07, 6.45) is 10.8. The minimum absolute atomic E-state index is 0.0828. The summed E-state index contributed by atoms with van der Waals surface area (Å²) in [6.45, 7) is 16.5. The average molecular weight is 649 g/mol. The molecule has 6 aliphatic rings. The van der Waals surface area contributed by atoms with Crippen LogP contribution in [0, 0.1) is 17.3 Å². The van der Waals surface area contributed by atoms with Gasteiger partial charge >= 0.3 is 11.9 Å². The molecule has 1 aliphatic carbocycles. The van der Waals surface area contributed by atoms with Gasteiger partial charge in [0.25, 0.3) is 0 Å². The Kier molecular flexibility index (Phi) is 8.52. The van der Waals surface area contributed by atoms with Crippen LogP contribution < -0.4 is 5.32 Å². The lowest BCUT2D eigenvalue weighted by molar-refractivity contribution is -0.144. The molecule has 48 heavy (non-hydrogen) atoms. The fourth-order valence-electron chi connectivity index (χ4n) is 8.16. The Morgan fingerprint density at radius 1 is 0.979 bits per heavy atom. The molecule has 0 aromatic heterocycles. The zero-order chi connectivity index (χ0) is 34.7. The molecular weight excluding hydrogens is 604 g/mol. The molecule has 8 bridgehead atoms. The second-order valence-electron chi connectivity index (χ2n) is 13.2. The van der Waals surface area contributed by atoms with E-state index < -0.39 is 17.3 Å². The van der Waals surface area contributed by atoms with Crippen molar-refractivity contribution in [3.05, 3.63) is 104 Å². The number of nitrogens with one attached hydrogen (secondary N) is 1. The number of hydrogen-bond donors (Lipinski definition) is 2. The van der Waals surface area contributed by atoms with Crippen LogP contribution in [-0.2, 0) is 19.1 Å². The van der Waals surface area contributed by atoms with E-state index in [4.69, 9.17) is 24.5 Å². The Morgan fingerprint density at radius 2 is 1.69 bits per heavy atom. The second-order valence-corrected chi connectivity index (χ2v) is 13.2. The summed E-state index contributed by atoms with van der Waals surface area (Å²) in [5.74, 6) is -2.16. The topological polar surface area (TPSA) is 122 Å². The first kappa shape index (κ1) is 33.1. The van der Waals surface area contributed by atoms with Gasteiger partial charge in [0.05, 0.1) is 48.4 Å². The van der Waals surface area contributed by atoms with Crippen LogP contribution >= 0.6 is 0 Å². The van der Waals surface area contributed by atoms with Crippen molar-refractivity contribution >= 4 is 29.1 Å². The van der Waals surface area contributed by atoms with Gasteiger partial charge in [-0.2, -0.15) is 0 Å². The fraction of sp³-hybridized carbons (Fsp3) is 0.410. The first-order valence-electron chi connectivity index (χ1n) is 16.7. The maximum atomic E-state index is 13.6. The highest BCUT2D eigenvalue weighted by atomic mass is 16.5. The van der Waals surface area contributed by atoms with Crippen LogP contribution in [0.4, 0.5) is 0 Å². The molecular formula is C39H44N4O5. The summed E-state index contributed by atoms with van der Waals surface area (Å²) in [6, 6.07) is 0. The van der Waals surface area contributed by atoms with E-state index in [0.29, 0.717) is 35.4 Å². The molecule has 9 nitrogen and oxygen atoms in total. The van der Waals surface area contributed by atoms with Crippen molar-refractivity contribution in [2.24, 2.45) is 32.2 Å². The number of ether oxygens (including phenoxy) is 2. The van der Waals surface area contributed by atoms with Gasteiger partial charge in [0.1, 0.15) is 11.7 Å². The minimum atomic E-state index is -1.08. The van der Waals surface area contributed by atoms with E-state index in [1.165, 1.54) is 14.2 Å². The van der Waals surface area contributed by atoms with Crippen LogP contribution in [-0.4, -0.2) is 48.4 Å². The third-order valence-electron chi connectivity index (χ3n) is 10.9. The predicted octanol–water partition coefficient (Wildman–Crippen LogP) is 7.37. The number of fused-ring (bicyclic) bond motifs is 5. The smallest absolute Gasteiger partial charge is 0.321 e.